The van der Waals surface area contributed by atoms with Crippen molar-refractivity contribution in [3.63, 3.8) is 0 Å². The van der Waals surface area contributed by atoms with Crippen molar-refractivity contribution in [3.8, 4) is 0 Å². The van der Waals surface area contributed by atoms with Crippen molar-refractivity contribution in [3.05, 3.63) is 30.1 Å². The molecule has 1 aliphatic heterocycles. The fourth-order valence-corrected chi connectivity index (χ4v) is 3.36. The van der Waals surface area contributed by atoms with E-state index in [4.69, 9.17) is 4.18 Å². The molecular formula is C12H18N2O3S. The van der Waals surface area contributed by atoms with Crippen molar-refractivity contribution < 1.29 is 12.6 Å². The Morgan fingerprint density at radius 2 is 2.17 bits per heavy atom. The van der Waals surface area contributed by atoms with Gasteiger partial charge in [-0.1, -0.05) is 0 Å². The summed E-state index contributed by atoms with van der Waals surface area (Å²) in [5.74, 6) is -0.0876. The van der Waals surface area contributed by atoms with E-state index >= 15 is 0 Å². The van der Waals surface area contributed by atoms with Crippen LogP contribution in [0.4, 0.5) is 0 Å². The maximum Gasteiger partial charge on any atom is 0.271 e. The van der Waals surface area contributed by atoms with Gasteiger partial charge in [0.2, 0.25) is 0 Å². The van der Waals surface area contributed by atoms with Crippen molar-refractivity contribution in [2.45, 2.75) is 24.7 Å². The molecule has 6 heteroatoms. The molecule has 0 radical (unpaired) electrons. The third kappa shape index (κ3) is 4.04. The predicted molar refractivity (Wildman–Crippen MR) is 68.5 cm³/mol. The Morgan fingerprint density at radius 1 is 1.44 bits per heavy atom. The number of hydrogen-bond donors (Lipinski definition) is 0. The Hall–Kier alpha value is -0.980. The summed E-state index contributed by atoms with van der Waals surface area (Å²) in [6.07, 6.45) is 4.74. The molecule has 1 aliphatic rings. The Morgan fingerprint density at radius 3 is 2.83 bits per heavy atom. The van der Waals surface area contributed by atoms with E-state index in [1.165, 1.54) is 0 Å². The fraction of sp³-hybridized carbons (Fsp3) is 0.583. The molecule has 100 valence electrons. The standard InChI is InChI=1S/C12H18N2O3S/c1-14-8-2-3-12(9-14)17-18(15,16)10-11-4-6-13-7-5-11/h4-7,12H,2-3,8-10H2,1H3. The minimum Gasteiger partial charge on any atom is -0.304 e. The summed E-state index contributed by atoms with van der Waals surface area (Å²) in [5.41, 5.74) is 0.703. The van der Waals surface area contributed by atoms with Crippen molar-refractivity contribution in [2.75, 3.05) is 20.1 Å². The Labute approximate surface area is 108 Å². The lowest BCUT2D eigenvalue weighted by Crippen LogP contribution is -2.38. The molecule has 18 heavy (non-hydrogen) atoms. The van der Waals surface area contributed by atoms with Gasteiger partial charge in [0.1, 0.15) is 5.75 Å². The molecule has 0 saturated carbocycles. The second kappa shape index (κ2) is 5.77. The Balaban J connectivity index is 1.95. The lowest BCUT2D eigenvalue weighted by atomic mass is 10.1. The number of nitrogens with zero attached hydrogens (tertiary/aromatic N) is 2. The summed E-state index contributed by atoms with van der Waals surface area (Å²) in [5, 5.41) is 0. The van der Waals surface area contributed by atoms with Crippen LogP contribution in [0.15, 0.2) is 24.5 Å². The van der Waals surface area contributed by atoms with Gasteiger partial charge in [0.15, 0.2) is 0 Å². The summed E-state index contributed by atoms with van der Waals surface area (Å²) < 4.78 is 29.1. The highest BCUT2D eigenvalue weighted by atomic mass is 32.2. The van der Waals surface area contributed by atoms with Gasteiger partial charge < -0.3 is 4.90 Å². The highest BCUT2D eigenvalue weighted by Gasteiger charge is 2.24. The SMILES string of the molecule is CN1CCCC(OS(=O)(=O)Cc2ccncc2)C1. The number of pyridine rings is 1. The molecule has 1 fully saturated rings. The van der Waals surface area contributed by atoms with Gasteiger partial charge in [0.25, 0.3) is 10.1 Å². The van der Waals surface area contributed by atoms with Crippen LogP contribution in [0, 0.1) is 0 Å². The summed E-state index contributed by atoms with van der Waals surface area (Å²) >= 11 is 0. The number of rotatable bonds is 4. The fourth-order valence-electron chi connectivity index (χ4n) is 2.12. The van der Waals surface area contributed by atoms with Gasteiger partial charge in [-0.2, -0.15) is 8.42 Å². The predicted octanol–water partition coefficient (Wildman–Crippen LogP) is 1.02. The summed E-state index contributed by atoms with van der Waals surface area (Å²) in [6, 6.07) is 3.38. The topological polar surface area (TPSA) is 59.5 Å². The zero-order chi connectivity index (χ0) is 13.0. The monoisotopic (exact) mass is 270 g/mol. The number of aromatic nitrogens is 1. The number of hydrogen-bond acceptors (Lipinski definition) is 5. The number of piperidine rings is 1. The van der Waals surface area contributed by atoms with Gasteiger partial charge in [-0.05, 0) is 44.1 Å². The summed E-state index contributed by atoms with van der Waals surface area (Å²) in [4.78, 5) is 5.95. The van der Waals surface area contributed by atoms with E-state index in [1.54, 1.807) is 24.5 Å². The van der Waals surface area contributed by atoms with Crippen LogP contribution in [0.2, 0.25) is 0 Å². The zero-order valence-electron chi connectivity index (χ0n) is 10.4. The molecule has 0 spiro atoms. The molecule has 0 aliphatic carbocycles. The third-order valence-corrected chi connectivity index (χ3v) is 4.21. The van der Waals surface area contributed by atoms with Crippen molar-refractivity contribution in [1.82, 2.24) is 9.88 Å². The lowest BCUT2D eigenvalue weighted by molar-refractivity contribution is 0.109. The molecule has 0 bridgehead atoms. The third-order valence-electron chi connectivity index (χ3n) is 2.96. The molecule has 0 aromatic carbocycles. The number of likely N-dealkylation sites (N-methyl/N-ethyl adjacent to an activating group) is 1. The Bertz CT molecular complexity index is 475. The molecule has 1 aromatic rings. The Kier molecular flexibility index (Phi) is 4.31. The smallest absolute Gasteiger partial charge is 0.271 e. The molecule has 2 rings (SSSR count). The minimum absolute atomic E-state index is 0.0876. The van der Waals surface area contributed by atoms with Crippen LogP contribution in [0.5, 0.6) is 0 Å². The van der Waals surface area contributed by atoms with Crippen molar-refractivity contribution in [2.24, 2.45) is 0 Å². The minimum atomic E-state index is -3.51. The zero-order valence-corrected chi connectivity index (χ0v) is 11.3. The van der Waals surface area contributed by atoms with Crippen LogP contribution >= 0.6 is 0 Å². The second-order valence-electron chi connectivity index (χ2n) is 4.68. The van der Waals surface area contributed by atoms with Crippen LogP contribution in [0.1, 0.15) is 18.4 Å². The summed E-state index contributed by atoms with van der Waals surface area (Å²) in [7, 11) is -1.53. The molecule has 1 aromatic heterocycles. The van der Waals surface area contributed by atoms with E-state index < -0.39 is 10.1 Å². The van der Waals surface area contributed by atoms with Crippen molar-refractivity contribution in [1.29, 1.82) is 0 Å². The molecule has 1 unspecified atom stereocenters. The average Bonchev–Trinajstić information content (AvgIpc) is 2.28. The normalized spacial score (nSPS) is 21.9. The maximum atomic E-state index is 11.9. The van der Waals surface area contributed by atoms with Crippen LogP contribution in [-0.4, -0.2) is 44.5 Å². The van der Waals surface area contributed by atoms with Gasteiger partial charge in [-0.25, -0.2) is 0 Å². The quantitative estimate of drug-likeness (QED) is 0.765. The van der Waals surface area contributed by atoms with E-state index in [0.717, 1.165) is 19.4 Å². The van der Waals surface area contributed by atoms with E-state index in [0.29, 0.717) is 12.1 Å². The van der Waals surface area contributed by atoms with Crippen LogP contribution in [-0.2, 0) is 20.1 Å². The maximum absolute atomic E-state index is 11.9. The first-order valence-corrected chi connectivity index (χ1v) is 7.61. The molecule has 2 heterocycles. The first-order chi connectivity index (χ1) is 8.55. The van der Waals surface area contributed by atoms with Gasteiger partial charge in [0.05, 0.1) is 6.10 Å². The molecule has 5 nitrogen and oxygen atoms in total. The molecule has 1 saturated heterocycles. The van der Waals surface area contributed by atoms with Gasteiger partial charge in [-0.3, -0.25) is 9.17 Å². The van der Waals surface area contributed by atoms with Crippen molar-refractivity contribution >= 4 is 10.1 Å². The lowest BCUT2D eigenvalue weighted by Gasteiger charge is -2.28. The largest absolute Gasteiger partial charge is 0.304 e. The first kappa shape index (κ1) is 13.5. The number of likely N-dealkylation sites (tertiary alicyclic amines) is 1. The highest BCUT2D eigenvalue weighted by Crippen LogP contribution is 2.16. The van der Waals surface area contributed by atoms with E-state index in [2.05, 4.69) is 9.88 Å². The first-order valence-electron chi connectivity index (χ1n) is 6.03. The molecule has 0 amide bonds. The second-order valence-corrected chi connectivity index (χ2v) is 6.28. The van der Waals surface area contributed by atoms with Gasteiger partial charge in [0, 0.05) is 18.9 Å². The molecule has 1 atom stereocenters. The van der Waals surface area contributed by atoms with Crippen LogP contribution < -0.4 is 0 Å². The highest BCUT2D eigenvalue weighted by molar-refractivity contribution is 7.85. The van der Waals surface area contributed by atoms with Crippen LogP contribution in [0.3, 0.4) is 0 Å². The average molecular weight is 270 g/mol. The molecule has 0 N–H and O–H groups in total. The van der Waals surface area contributed by atoms with Gasteiger partial charge in [-0.15, -0.1) is 0 Å². The van der Waals surface area contributed by atoms with Crippen LogP contribution in [0.25, 0.3) is 0 Å². The molecular weight excluding hydrogens is 252 g/mol. The summed E-state index contributed by atoms with van der Waals surface area (Å²) in [6.45, 7) is 1.68. The van der Waals surface area contributed by atoms with Gasteiger partial charge >= 0.3 is 0 Å². The van der Waals surface area contributed by atoms with E-state index in [9.17, 15) is 8.42 Å². The van der Waals surface area contributed by atoms with E-state index in [-0.39, 0.29) is 11.9 Å². The van der Waals surface area contributed by atoms with E-state index in [1.807, 2.05) is 7.05 Å².